The molecule has 0 aliphatic heterocycles. The van der Waals surface area contributed by atoms with Gasteiger partial charge in [0.25, 0.3) is 5.78 Å². The Morgan fingerprint density at radius 2 is 1.90 bits per heavy atom. The zero-order valence-corrected chi connectivity index (χ0v) is 13.0. The lowest BCUT2D eigenvalue weighted by Gasteiger charge is -2.10. The molecule has 0 aromatic heterocycles. The number of ketones is 1. The molecule has 0 radical (unpaired) electrons. The summed E-state index contributed by atoms with van der Waals surface area (Å²) in [6.45, 7) is 3.87. The van der Waals surface area contributed by atoms with Gasteiger partial charge in [0.2, 0.25) is 0 Å². The number of alkyl halides is 1. The van der Waals surface area contributed by atoms with E-state index in [1.807, 2.05) is 31.2 Å². The highest BCUT2D eigenvalue weighted by Gasteiger charge is 2.21. The number of fused-ring (bicyclic) bond motifs is 1. The van der Waals surface area contributed by atoms with Crippen LogP contribution in [0.25, 0.3) is 10.8 Å². The third kappa shape index (κ3) is 2.75. The van der Waals surface area contributed by atoms with Gasteiger partial charge in [-0.3, -0.25) is 4.79 Å². The van der Waals surface area contributed by atoms with Gasteiger partial charge in [0.1, 0.15) is 0 Å². The van der Waals surface area contributed by atoms with E-state index in [9.17, 15) is 9.59 Å². The molecule has 0 amide bonds. The van der Waals surface area contributed by atoms with Crippen LogP contribution in [0.5, 0.6) is 0 Å². The summed E-state index contributed by atoms with van der Waals surface area (Å²) in [5.74, 6) is -1.40. The minimum Gasteiger partial charge on any atom is -0.460 e. The summed E-state index contributed by atoms with van der Waals surface area (Å²) in [7, 11) is 0. The van der Waals surface area contributed by atoms with E-state index in [0.717, 1.165) is 21.9 Å². The van der Waals surface area contributed by atoms with Crippen molar-refractivity contribution in [1.29, 1.82) is 0 Å². The van der Waals surface area contributed by atoms with E-state index >= 15 is 0 Å². The molecule has 0 aliphatic rings. The van der Waals surface area contributed by atoms with Crippen LogP contribution < -0.4 is 0 Å². The Labute approximate surface area is 126 Å². The molecular weight excluding hydrogens is 320 g/mol. The molecule has 0 spiro atoms. The van der Waals surface area contributed by atoms with Crippen LogP contribution in [0.2, 0.25) is 0 Å². The Bertz CT molecular complexity index is 677. The van der Waals surface area contributed by atoms with Crippen molar-refractivity contribution in [2.45, 2.75) is 19.2 Å². The average Bonchev–Trinajstić information content (AvgIpc) is 2.45. The Morgan fingerprint density at radius 3 is 2.55 bits per heavy atom. The van der Waals surface area contributed by atoms with Crippen LogP contribution >= 0.6 is 15.9 Å². The Morgan fingerprint density at radius 1 is 1.20 bits per heavy atom. The van der Waals surface area contributed by atoms with Gasteiger partial charge in [-0.05, 0) is 36.2 Å². The zero-order chi connectivity index (χ0) is 14.7. The lowest BCUT2D eigenvalue weighted by molar-refractivity contribution is -0.137. The van der Waals surface area contributed by atoms with Crippen molar-refractivity contribution in [3.8, 4) is 0 Å². The van der Waals surface area contributed by atoms with Crippen molar-refractivity contribution >= 4 is 38.5 Å². The summed E-state index contributed by atoms with van der Waals surface area (Å²) < 4.78 is 4.79. The van der Waals surface area contributed by atoms with E-state index < -0.39 is 11.8 Å². The number of benzene rings is 2. The van der Waals surface area contributed by atoms with Crippen LogP contribution in [-0.4, -0.2) is 18.4 Å². The number of esters is 1. The summed E-state index contributed by atoms with van der Waals surface area (Å²) in [5.41, 5.74) is 2.34. The highest BCUT2D eigenvalue weighted by Crippen LogP contribution is 2.26. The normalized spacial score (nSPS) is 10.6. The molecule has 0 heterocycles. The molecule has 2 aromatic rings. The topological polar surface area (TPSA) is 43.4 Å². The summed E-state index contributed by atoms with van der Waals surface area (Å²) in [5, 5.41) is 2.54. The molecule has 4 heteroatoms. The number of carbonyl (C=O) groups excluding carboxylic acids is 2. The van der Waals surface area contributed by atoms with Crippen LogP contribution in [0.3, 0.4) is 0 Å². The molecular formula is C16H15BrO3. The number of ether oxygens (including phenoxy) is 1. The highest BCUT2D eigenvalue weighted by atomic mass is 79.9. The van der Waals surface area contributed by atoms with Crippen molar-refractivity contribution in [2.24, 2.45) is 0 Å². The predicted molar refractivity (Wildman–Crippen MR) is 82.3 cm³/mol. The number of carbonyl (C=O) groups is 2. The van der Waals surface area contributed by atoms with Gasteiger partial charge in [0.05, 0.1) is 6.61 Å². The first-order valence-corrected chi connectivity index (χ1v) is 7.50. The number of hydrogen-bond acceptors (Lipinski definition) is 3. The molecule has 2 aromatic carbocycles. The second-order valence-electron chi connectivity index (χ2n) is 4.50. The fraction of sp³-hybridized carbons (Fsp3) is 0.250. The molecule has 3 nitrogen and oxygen atoms in total. The first-order valence-electron chi connectivity index (χ1n) is 6.38. The third-order valence-electron chi connectivity index (χ3n) is 3.13. The molecule has 0 atom stereocenters. The summed E-state index contributed by atoms with van der Waals surface area (Å²) >= 11 is 3.41. The second kappa shape index (κ2) is 6.18. The molecule has 0 aliphatic carbocycles. The van der Waals surface area contributed by atoms with E-state index in [4.69, 9.17) is 4.74 Å². The largest absolute Gasteiger partial charge is 0.460 e. The fourth-order valence-electron chi connectivity index (χ4n) is 2.16. The summed E-state index contributed by atoms with van der Waals surface area (Å²) in [6.07, 6.45) is 0. The molecule has 104 valence electrons. The summed E-state index contributed by atoms with van der Waals surface area (Å²) in [6, 6.07) is 9.59. The van der Waals surface area contributed by atoms with E-state index in [0.29, 0.717) is 10.9 Å². The molecule has 0 fully saturated rings. The van der Waals surface area contributed by atoms with Crippen molar-refractivity contribution in [1.82, 2.24) is 0 Å². The molecule has 0 unspecified atom stereocenters. The Balaban J connectivity index is 2.59. The first kappa shape index (κ1) is 14.7. The molecule has 0 saturated carbocycles. The molecule has 0 N–H and O–H groups in total. The maximum atomic E-state index is 12.1. The van der Waals surface area contributed by atoms with Crippen molar-refractivity contribution in [3.63, 3.8) is 0 Å². The van der Waals surface area contributed by atoms with Gasteiger partial charge < -0.3 is 4.74 Å². The number of Topliss-reactive ketones (excluding diaryl/α,β-unsaturated/α-hetero) is 1. The van der Waals surface area contributed by atoms with Gasteiger partial charge in [-0.2, -0.15) is 0 Å². The maximum Gasteiger partial charge on any atom is 0.379 e. The van der Waals surface area contributed by atoms with Crippen molar-refractivity contribution < 1.29 is 14.3 Å². The number of halogens is 1. The second-order valence-corrected chi connectivity index (χ2v) is 5.06. The van der Waals surface area contributed by atoms with Crippen LogP contribution in [-0.2, 0) is 14.9 Å². The SMILES string of the molecule is CCOC(=O)C(=O)c1ccc2ccc(C)cc2c1CBr. The van der Waals surface area contributed by atoms with Gasteiger partial charge >= 0.3 is 5.97 Å². The zero-order valence-electron chi connectivity index (χ0n) is 11.4. The van der Waals surface area contributed by atoms with Crippen LogP contribution in [0.1, 0.15) is 28.4 Å². The lowest BCUT2D eigenvalue weighted by atomic mass is 9.96. The monoisotopic (exact) mass is 334 g/mol. The molecule has 2 rings (SSSR count). The Hall–Kier alpha value is -1.68. The first-order chi connectivity index (χ1) is 9.58. The quantitative estimate of drug-likeness (QED) is 0.370. The van der Waals surface area contributed by atoms with E-state index in [1.54, 1.807) is 13.0 Å². The Kier molecular flexibility index (Phi) is 4.55. The third-order valence-corrected chi connectivity index (χ3v) is 3.69. The van der Waals surface area contributed by atoms with Gasteiger partial charge in [0.15, 0.2) is 0 Å². The van der Waals surface area contributed by atoms with Crippen molar-refractivity contribution in [2.75, 3.05) is 6.61 Å². The van der Waals surface area contributed by atoms with E-state index in [1.165, 1.54) is 0 Å². The smallest absolute Gasteiger partial charge is 0.379 e. The maximum absolute atomic E-state index is 12.1. The van der Waals surface area contributed by atoms with Gasteiger partial charge in [0, 0.05) is 10.9 Å². The minimum atomic E-state index is -0.804. The lowest BCUT2D eigenvalue weighted by Crippen LogP contribution is -2.19. The number of rotatable bonds is 4. The number of hydrogen-bond donors (Lipinski definition) is 0. The molecule has 0 bridgehead atoms. The minimum absolute atomic E-state index is 0.195. The fourth-order valence-corrected chi connectivity index (χ4v) is 2.76. The number of aryl methyl sites for hydroxylation is 1. The van der Waals surface area contributed by atoms with Gasteiger partial charge in [-0.25, -0.2) is 4.79 Å². The predicted octanol–water partition coefficient (Wildman–Crippen LogP) is 3.79. The summed E-state index contributed by atoms with van der Waals surface area (Å²) in [4.78, 5) is 23.8. The van der Waals surface area contributed by atoms with Gasteiger partial charge in [-0.15, -0.1) is 0 Å². The van der Waals surface area contributed by atoms with E-state index in [2.05, 4.69) is 15.9 Å². The highest BCUT2D eigenvalue weighted by molar-refractivity contribution is 9.08. The van der Waals surface area contributed by atoms with Gasteiger partial charge in [-0.1, -0.05) is 45.8 Å². The van der Waals surface area contributed by atoms with Crippen LogP contribution in [0, 0.1) is 6.92 Å². The molecule has 0 saturated heterocycles. The van der Waals surface area contributed by atoms with Crippen LogP contribution in [0.15, 0.2) is 30.3 Å². The average molecular weight is 335 g/mol. The van der Waals surface area contributed by atoms with E-state index in [-0.39, 0.29) is 6.61 Å². The standard InChI is InChI=1S/C16H15BrO3/c1-3-20-16(19)15(18)12-7-6-11-5-4-10(2)8-13(11)14(12)9-17/h4-8H,3,9H2,1-2H3. The van der Waals surface area contributed by atoms with Crippen LogP contribution in [0.4, 0.5) is 0 Å². The molecule has 20 heavy (non-hydrogen) atoms. The van der Waals surface area contributed by atoms with Crippen molar-refractivity contribution in [3.05, 3.63) is 47.0 Å².